The molecule has 1 aliphatic heterocycles. The first-order valence-electron chi connectivity index (χ1n) is 6.06. The van der Waals surface area contributed by atoms with Gasteiger partial charge in [0.25, 0.3) is 5.91 Å². The van der Waals surface area contributed by atoms with E-state index in [-0.39, 0.29) is 17.7 Å². The van der Waals surface area contributed by atoms with Gasteiger partial charge in [-0.2, -0.15) is 0 Å². The van der Waals surface area contributed by atoms with Crippen molar-refractivity contribution in [2.45, 2.75) is 18.9 Å². The molecule has 0 unspecified atom stereocenters. The summed E-state index contributed by atoms with van der Waals surface area (Å²) in [6.45, 7) is 1.83. The van der Waals surface area contributed by atoms with Crippen LogP contribution in [0.3, 0.4) is 0 Å². The Bertz CT molecular complexity index is 428. The van der Waals surface area contributed by atoms with Gasteiger partial charge < -0.3 is 15.4 Å². The number of ether oxygens (including phenoxy) is 1. The molecule has 18 heavy (non-hydrogen) atoms. The molecule has 0 saturated carbocycles. The molecule has 1 amide bonds. The number of nitrogens with one attached hydrogen (secondary N) is 2. The van der Waals surface area contributed by atoms with Crippen molar-refractivity contribution in [3.05, 3.63) is 23.8 Å². The van der Waals surface area contributed by atoms with Gasteiger partial charge in [0.2, 0.25) is 0 Å². The lowest BCUT2D eigenvalue weighted by molar-refractivity contribution is 0.0928. The number of amides is 1. The summed E-state index contributed by atoms with van der Waals surface area (Å²) in [6.07, 6.45) is 1.83. The molecule has 0 spiro atoms. The van der Waals surface area contributed by atoms with Gasteiger partial charge in [0.05, 0.1) is 7.11 Å². The number of rotatable bonds is 3. The van der Waals surface area contributed by atoms with Gasteiger partial charge in [0.1, 0.15) is 5.75 Å². The number of methoxy groups -OCH3 is 1. The van der Waals surface area contributed by atoms with Crippen LogP contribution in [-0.2, 0) is 5.11 Å². The third kappa shape index (κ3) is 3.13. The molecule has 2 rings (SSSR count). The molecule has 97 valence electrons. The summed E-state index contributed by atoms with van der Waals surface area (Å²) in [7, 11) is 1.48. The van der Waals surface area contributed by atoms with Crippen LogP contribution in [-0.4, -0.2) is 32.1 Å². The average Bonchev–Trinajstić information content (AvgIpc) is 2.39. The highest BCUT2D eigenvalue weighted by Crippen LogP contribution is 2.22. The van der Waals surface area contributed by atoms with E-state index in [0.29, 0.717) is 11.3 Å². The van der Waals surface area contributed by atoms with E-state index in [1.807, 2.05) is 0 Å². The molecule has 1 fully saturated rings. The summed E-state index contributed by atoms with van der Waals surface area (Å²) < 4.78 is 4.99. The predicted molar refractivity (Wildman–Crippen MR) is 66.5 cm³/mol. The zero-order chi connectivity index (χ0) is 13.0. The van der Waals surface area contributed by atoms with Crippen molar-refractivity contribution in [3.8, 4) is 11.5 Å². The van der Waals surface area contributed by atoms with E-state index in [4.69, 9.17) is 4.74 Å². The second kappa shape index (κ2) is 5.73. The minimum atomic E-state index is -0.218. The Morgan fingerprint density at radius 2 is 2.06 bits per heavy atom. The van der Waals surface area contributed by atoms with Crippen LogP contribution in [0, 0.1) is 0 Å². The van der Waals surface area contributed by atoms with Crippen LogP contribution < -0.4 is 15.4 Å². The van der Waals surface area contributed by atoms with Crippen molar-refractivity contribution in [1.82, 2.24) is 10.6 Å². The molecule has 1 heterocycles. The molecule has 5 nitrogen and oxygen atoms in total. The van der Waals surface area contributed by atoms with Crippen LogP contribution in [0.25, 0.3) is 0 Å². The first-order valence-corrected chi connectivity index (χ1v) is 6.06. The van der Waals surface area contributed by atoms with Gasteiger partial charge in [-0.25, -0.2) is 0 Å². The molecule has 0 atom stereocenters. The number of carbonyl (C=O) groups is 1. The van der Waals surface area contributed by atoms with Crippen molar-refractivity contribution in [1.29, 1.82) is 0 Å². The summed E-state index contributed by atoms with van der Waals surface area (Å²) in [5.74, 6) is -0.0133. The Morgan fingerprint density at radius 1 is 1.33 bits per heavy atom. The molecule has 1 aromatic carbocycles. The lowest BCUT2D eigenvalue weighted by Crippen LogP contribution is -2.42. The van der Waals surface area contributed by atoms with E-state index in [9.17, 15) is 9.90 Å². The van der Waals surface area contributed by atoms with Crippen LogP contribution in [0.4, 0.5) is 0 Å². The molecule has 5 heteroatoms. The molecule has 1 aromatic rings. The molecular formula is C13H17N2O3. The maximum absolute atomic E-state index is 12.0. The highest BCUT2D eigenvalue weighted by atomic mass is 16.5. The molecular weight excluding hydrogens is 232 g/mol. The largest absolute Gasteiger partial charge is 0.497 e. The quantitative estimate of drug-likeness (QED) is 0.848. The third-order valence-corrected chi connectivity index (χ3v) is 3.05. The fraction of sp³-hybridized carbons (Fsp3) is 0.462. The highest BCUT2D eigenvalue weighted by molar-refractivity contribution is 5.95. The Morgan fingerprint density at radius 3 is 2.72 bits per heavy atom. The highest BCUT2D eigenvalue weighted by Gasteiger charge is 2.17. The summed E-state index contributed by atoms with van der Waals surface area (Å²) in [4.78, 5) is 12.0. The van der Waals surface area contributed by atoms with E-state index in [2.05, 4.69) is 10.6 Å². The number of piperidine rings is 1. The Kier molecular flexibility index (Phi) is 4.04. The molecule has 1 aliphatic rings. The van der Waals surface area contributed by atoms with E-state index >= 15 is 0 Å². The number of hydrogen-bond donors (Lipinski definition) is 2. The van der Waals surface area contributed by atoms with Crippen molar-refractivity contribution in [3.63, 3.8) is 0 Å². The fourth-order valence-electron chi connectivity index (χ4n) is 2.06. The standard InChI is InChI=1S/C13H17N2O3/c1-18-12-7-9(6-11(16)8-12)13(17)15-10-2-4-14-5-3-10/h6-8,10,14H,2-5H2,1H3,(H,15,17). The molecule has 1 radical (unpaired) electrons. The van der Waals surface area contributed by atoms with Crippen LogP contribution in [0.15, 0.2) is 18.2 Å². The van der Waals surface area contributed by atoms with Gasteiger partial charge in [-0.15, -0.1) is 0 Å². The van der Waals surface area contributed by atoms with Gasteiger partial charge in [-0.3, -0.25) is 9.90 Å². The second-order valence-electron chi connectivity index (χ2n) is 4.39. The lowest BCUT2D eigenvalue weighted by atomic mass is 10.1. The minimum absolute atomic E-state index is 0.181. The van der Waals surface area contributed by atoms with Gasteiger partial charge >= 0.3 is 0 Å². The molecule has 0 aliphatic carbocycles. The zero-order valence-corrected chi connectivity index (χ0v) is 10.4. The van der Waals surface area contributed by atoms with Crippen molar-refractivity contribution >= 4 is 5.91 Å². The molecule has 0 aromatic heterocycles. The Labute approximate surface area is 106 Å². The predicted octanol–water partition coefficient (Wildman–Crippen LogP) is 1.32. The van der Waals surface area contributed by atoms with E-state index in [1.54, 1.807) is 6.07 Å². The lowest BCUT2D eigenvalue weighted by Gasteiger charge is -2.23. The first-order chi connectivity index (χ1) is 8.69. The average molecular weight is 249 g/mol. The van der Waals surface area contributed by atoms with Gasteiger partial charge in [0.15, 0.2) is 5.75 Å². The molecule has 2 N–H and O–H groups in total. The van der Waals surface area contributed by atoms with E-state index in [0.717, 1.165) is 25.9 Å². The van der Waals surface area contributed by atoms with Gasteiger partial charge in [0, 0.05) is 17.7 Å². The Balaban J connectivity index is 2.05. The van der Waals surface area contributed by atoms with Crippen molar-refractivity contribution in [2.24, 2.45) is 0 Å². The zero-order valence-electron chi connectivity index (χ0n) is 10.4. The van der Waals surface area contributed by atoms with Crippen LogP contribution >= 0.6 is 0 Å². The van der Waals surface area contributed by atoms with Crippen molar-refractivity contribution < 1.29 is 14.6 Å². The van der Waals surface area contributed by atoms with E-state index in [1.165, 1.54) is 19.2 Å². The van der Waals surface area contributed by atoms with Crippen molar-refractivity contribution in [2.75, 3.05) is 20.2 Å². The smallest absolute Gasteiger partial charge is 0.251 e. The van der Waals surface area contributed by atoms with Gasteiger partial charge in [-0.05, 0) is 38.1 Å². The Hall–Kier alpha value is -1.75. The minimum Gasteiger partial charge on any atom is -0.497 e. The summed E-state index contributed by atoms with van der Waals surface area (Å²) in [5, 5.41) is 17.6. The first kappa shape index (κ1) is 12.7. The van der Waals surface area contributed by atoms with E-state index < -0.39 is 0 Å². The number of hydrogen-bond acceptors (Lipinski definition) is 3. The summed E-state index contributed by atoms with van der Waals surface area (Å²) in [5.41, 5.74) is 0.359. The topological polar surface area (TPSA) is 70.3 Å². The second-order valence-corrected chi connectivity index (χ2v) is 4.39. The van der Waals surface area contributed by atoms with Gasteiger partial charge in [-0.1, -0.05) is 0 Å². The number of benzene rings is 1. The maximum Gasteiger partial charge on any atom is 0.251 e. The monoisotopic (exact) mass is 249 g/mol. The molecule has 1 saturated heterocycles. The summed E-state index contributed by atoms with van der Waals surface area (Å²) in [6, 6.07) is 4.46. The van der Waals surface area contributed by atoms with Crippen LogP contribution in [0.5, 0.6) is 11.5 Å². The molecule has 0 bridgehead atoms. The maximum atomic E-state index is 12.0. The van der Waals surface area contributed by atoms with Crippen LogP contribution in [0.2, 0.25) is 0 Å². The SMILES string of the molecule is COc1cc([O])cc(C(=O)NC2CCNCC2)c1. The normalized spacial score (nSPS) is 16.3. The van der Waals surface area contributed by atoms with Crippen LogP contribution in [0.1, 0.15) is 23.2 Å². The number of carbonyl (C=O) groups excluding carboxylic acids is 1. The fourth-order valence-corrected chi connectivity index (χ4v) is 2.06. The summed E-state index contributed by atoms with van der Waals surface area (Å²) >= 11 is 0. The third-order valence-electron chi connectivity index (χ3n) is 3.05.